The van der Waals surface area contributed by atoms with E-state index < -0.39 is 0 Å². The van der Waals surface area contributed by atoms with Gasteiger partial charge < -0.3 is 10.6 Å². The smallest absolute Gasteiger partial charge is 0.238 e. The van der Waals surface area contributed by atoms with Crippen LogP contribution < -0.4 is 10.6 Å². The zero-order valence-corrected chi connectivity index (χ0v) is 10.9. The molecule has 0 spiro atoms. The number of benzene rings is 1. The molecule has 1 aromatic rings. The summed E-state index contributed by atoms with van der Waals surface area (Å²) in [5, 5.41) is 13.8. The Morgan fingerprint density at radius 1 is 1.21 bits per heavy atom. The van der Waals surface area contributed by atoms with E-state index in [1.165, 1.54) is 0 Å². The Bertz CT molecular complexity index is 490. The number of carbonyl (C=O) groups is 2. The van der Waals surface area contributed by atoms with Gasteiger partial charge in [0.05, 0.1) is 24.7 Å². The van der Waals surface area contributed by atoms with Gasteiger partial charge in [0, 0.05) is 12.7 Å². The second-order valence-corrected chi connectivity index (χ2v) is 4.08. The minimum Gasteiger partial charge on any atom is -0.358 e. The highest BCUT2D eigenvalue weighted by Gasteiger charge is 2.09. The second-order valence-electron chi connectivity index (χ2n) is 4.08. The number of amides is 2. The monoisotopic (exact) mass is 260 g/mol. The Morgan fingerprint density at radius 2 is 1.79 bits per heavy atom. The average Bonchev–Trinajstić information content (AvgIpc) is 2.39. The van der Waals surface area contributed by atoms with Crippen LogP contribution in [0.5, 0.6) is 0 Å². The average molecular weight is 260 g/mol. The zero-order chi connectivity index (χ0) is 14.3. The molecule has 0 unspecified atom stereocenters. The zero-order valence-electron chi connectivity index (χ0n) is 10.9. The van der Waals surface area contributed by atoms with Crippen LogP contribution in [-0.4, -0.2) is 43.9 Å². The maximum atomic E-state index is 11.7. The van der Waals surface area contributed by atoms with Gasteiger partial charge >= 0.3 is 0 Å². The van der Waals surface area contributed by atoms with Crippen molar-refractivity contribution in [2.45, 2.75) is 0 Å². The Labute approximate surface area is 112 Å². The van der Waals surface area contributed by atoms with Gasteiger partial charge in [-0.25, -0.2) is 0 Å². The van der Waals surface area contributed by atoms with E-state index in [0.717, 1.165) is 0 Å². The molecule has 0 aromatic heterocycles. The highest BCUT2D eigenvalue weighted by Crippen LogP contribution is 2.08. The number of likely N-dealkylation sites (N-methyl/N-ethyl adjacent to an activating group) is 2. The predicted molar refractivity (Wildman–Crippen MR) is 71.4 cm³/mol. The molecule has 1 aromatic carbocycles. The third kappa shape index (κ3) is 5.19. The molecule has 0 saturated heterocycles. The van der Waals surface area contributed by atoms with Gasteiger partial charge in [0.15, 0.2) is 0 Å². The lowest BCUT2D eigenvalue weighted by Crippen LogP contribution is -2.37. The molecular formula is C13H16N4O2. The molecule has 2 N–H and O–H groups in total. The summed E-state index contributed by atoms with van der Waals surface area (Å²) in [6.45, 7) is 0.282. The fraction of sp³-hybridized carbons (Fsp3) is 0.308. The molecule has 0 atom stereocenters. The van der Waals surface area contributed by atoms with Crippen molar-refractivity contribution in [1.29, 1.82) is 5.26 Å². The largest absolute Gasteiger partial charge is 0.358 e. The minimum atomic E-state index is -0.212. The van der Waals surface area contributed by atoms with Gasteiger partial charge in [-0.1, -0.05) is 0 Å². The van der Waals surface area contributed by atoms with Crippen LogP contribution in [0.4, 0.5) is 5.69 Å². The van der Waals surface area contributed by atoms with Crippen LogP contribution in [0.1, 0.15) is 5.56 Å². The highest BCUT2D eigenvalue weighted by atomic mass is 16.2. The topological polar surface area (TPSA) is 85.2 Å². The molecule has 100 valence electrons. The molecule has 6 heteroatoms. The van der Waals surface area contributed by atoms with E-state index in [0.29, 0.717) is 11.3 Å². The fourth-order valence-electron chi connectivity index (χ4n) is 1.45. The van der Waals surface area contributed by atoms with E-state index in [2.05, 4.69) is 10.6 Å². The maximum Gasteiger partial charge on any atom is 0.238 e. The molecular weight excluding hydrogens is 244 g/mol. The van der Waals surface area contributed by atoms with Gasteiger partial charge in [-0.3, -0.25) is 14.5 Å². The lowest BCUT2D eigenvalue weighted by Gasteiger charge is -2.15. The number of carbonyl (C=O) groups excluding carboxylic acids is 2. The number of nitrogens with zero attached hydrogens (tertiary/aromatic N) is 2. The highest BCUT2D eigenvalue weighted by molar-refractivity contribution is 5.92. The van der Waals surface area contributed by atoms with Crippen LogP contribution in [0.3, 0.4) is 0 Å². The summed E-state index contributed by atoms with van der Waals surface area (Å²) < 4.78 is 0. The van der Waals surface area contributed by atoms with Gasteiger partial charge in [0.2, 0.25) is 11.8 Å². The summed E-state index contributed by atoms with van der Waals surface area (Å²) in [5.74, 6) is -0.357. The van der Waals surface area contributed by atoms with Gasteiger partial charge in [-0.05, 0) is 31.3 Å². The Balaban J connectivity index is 2.46. The minimum absolute atomic E-state index is 0.118. The van der Waals surface area contributed by atoms with E-state index >= 15 is 0 Å². The summed E-state index contributed by atoms with van der Waals surface area (Å²) in [6, 6.07) is 8.58. The normalized spacial score (nSPS) is 9.79. The SMILES string of the molecule is CNC(=O)CN(C)CC(=O)Nc1ccc(C#N)cc1. The molecule has 0 aliphatic heterocycles. The molecule has 0 radical (unpaired) electrons. The molecule has 1 rings (SSSR count). The molecule has 0 heterocycles. The van der Waals surface area contributed by atoms with Crippen LogP contribution >= 0.6 is 0 Å². The van der Waals surface area contributed by atoms with Crippen molar-refractivity contribution in [2.24, 2.45) is 0 Å². The van der Waals surface area contributed by atoms with E-state index in [4.69, 9.17) is 5.26 Å². The molecule has 0 aliphatic rings. The third-order valence-corrected chi connectivity index (χ3v) is 2.40. The van der Waals surface area contributed by atoms with E-state index in [-0.39, 0.29) is 24.9 Å². The molecule has 0 aliphatic carbocycles. The Kier molecular flexibility index (Phi) is 5.51. The first-order chi connectivity index (χ1) is 9.05. The number of nitriles is 1. The fourth-order valence-corrected chi connectivity index (χ4v) is 1.45. The summed E-state index contributed by atoms with van der Waals surface area (Å²) in [6.07, 6.45) is 0. The van der Waals surface area contributed by atoms with Crippen molar-refractivity contribution >= 4 is 17.5 Å². The van der Waals surface area contributed by atoms with Crippen LogP contribution in [0, 0.1) is 11.3 Å². The summed E-state index contributed by atoms with van der Waals surface area (Å²) >= 11 is 0. The second kappa shape index (κ2) is 7.13. The van der Waals surface area contributed by atoms with Gasteiger partial charge in [-0.2, -0.15) is 5.26 Å². The number of hydrogen-bond donors (Lipinski definition) is 2. The van der Waals surface area contributed by atoms with Gasteiger partial charge in [0.25, 0.3) is 0 Å². The summed E-state index contributed by atoms with van der Waals surface area (Å²) in [7, 11) is 3.24. The van der Waals surface area contributed by atoms with E-state index in [1.54, 1.807) is 43.3 Å². The van der Waals surface area contributed by atoms with Crippen LogP contribution in [0.15, 0.2) is 24.3 Å². The Morgan fingerprint density at radius 3 is 2.32 bits per heavy atom. The molecule has 2 amide bonds. The number of nitrogens with one attached hydrogen (secondary N) is 2. The molecule has 6 nitrogen and oxygen atoms in total. The Hall–Kier alpha value is -2.39. The van der Waals surface area contributed by atoms with Gasteiger partial charge in [-0.15, -0.1) is 0 Å². The van der Waals surface area contributed by atoms with Crippen molar-refractivity contribution in [3.05, 3.63) is 29.8 Å². The standard InChI is InChI=1S/C13H16N4O2/c1-15-12(18)8-17(2)9-13(19)16-11-5-3-10(7-14)4-6-11/h3-6H,8-9H2,1-2H3,(H,15,18)(H,16,19). The van der Waals surface area contributed by atoms with Crippen molar-refractivity contribution in [2.75, 3.05) is 32.5 Å². The third-order valence-electron chi connectivity index (χ3n) is 2.40. The maximum absolute atomic E-state index is 11.7. The van der Waals surface area contributed by atoms with Crippen LogP contribution in [0.2, 0.25) is 0 Å². The number of hydrogen-bond acceptors (Lipinski definition) is 4. The first-order valence-corrected chi connectivity index (χ1v) is 5.74. The van der Waals surface area contributed by atoms with Gasteiger partial charge in [0.1, 0.15) is 0 Å². The van der Waals surface area contributed by atoms with Crippen molar-refractivity contribution in [1.82, 2.24) is 10.2 Å². The molecule has 0 bridgehead atoms. The van der Waals surface area contributed by atoms with Crippen LogP contribution in [0.25, 0.3) is 0 Å². The summed E-state index contributed by atoms with van der Waals surface area (Å²) in [5.41, 5.74) is 1.16. The molecule has 0 fully saturated rings. The van der Waals surface area contributed by atoms with E-state index in [1.807, 2.05) is 6.07 Å². The van der Waals surface area contributed by atoms with Crippen molar-refractivity contribution in [3.63, 3.8) is 0 Å². The molecule has 19 heavy (non-hydrogen) atoms. The predicted octanol–water partition coefficient (Wildman–Crippen LogP) is 0.175. The quantitative estimate of drug-likeness (QED) is 0.790. The first-order valence-electron chi connectivity index (χ1n) is 5.74. The summed E-state index contributed by atoms with van der Waals surface area (Å²) in [4.78, 5) is 24.4. The lowest BCUT2D eigenvalue weighted by molar-refractivity contribution is -0.122. The van der Waals surface area contributed by atoms with Crippen molar-refractivity contribution < 1.29 is 9.59 Å². The lowest BCUT2D eigenvalue weighted by atomic mass is 10.2. The van der Waals surface area contributed by atoms with E-state index in [9.17, 15) is 9.59 Å². The first kappa shape index (κ1) is 14.7. The number of anilines is 1. The van der Waals surface area contributed by atoms with Crippen LogP contribution in [-0.2, 0) is 9.59 Å². The number of rotatable bonds is 5. The van der Waals surface area contributed by atoms with Crippen molar-refractivity contribution in [3.8, 4) is 6.07 Å². The molecule has 0 saturated carbocycles.